The molecule has 2 N–H and O–H groups in total. The highest BCUT2D eigenvalue weighted by Crippen LogP contribution is 2.37. The predicted molar refractivity (Wildman–Crippen MR) is 131 cm³/mol. The Morgan fingerprint density at radius 1 is 1.20 bits per heavy atom. The fourth-order valence-electron chi connectivity index (χ4n) is 3.20. The second-order valence-corrected chi connectivity index (χ2v) is 13.3. The van der Waals surface area contributed by atoms with Crippen LogP contribution in [-0.2, 0) is 19.9 Å². The van der Waals surface area contributed by atoms with Crippen molar-refractivity contribution < 1.29 is 26.0 Å². The number of nitrogens with one attached hydrogen (secondary N) is 2. The molecule has 2 aromatic carbocycles. The molecule has 15 heteroatoms. The molecule has 1 unspecified atom stereocenters. The second kappa shape index (κ2) is 9.26. The van der Waals surface area contributed by atoms with Gasteiger partial charge >= 0.3 is 6.03 Å². The van der Waals surface area contributed by atoms with E-state index in [-0.39, 0.29) is 31.4 Å². The third-order valence-electron chi connectivity index (χ3n) is 4.83. The maximum absolute atomic E-state index is 14.9. The summed E-state index contributed by atoms with van der Waals surface area (Å²) in [7, 11) is -7.71. The Morgan fingerprint density at radius 3 is 2.57 bits per heavy atom. The molecule has 10 nitrogen and oxygen atoms in total. The largest absolute Gasteiger partial charge is 0.333 e. The highest BCUT2D eigenvalue weighted by atomic mass is 35.5. The SMILES string of the molecule is CS(=O)(=O)c1ccc2ncn(-c3ccc(NC(=O)NS(=O)(=O)C4=CCC(Cl)S4)cc3F)c(=O)c2c1. The van der Waals surface area contributed by atoms with E-state index in [1.54, 1.807) is 0 Å². The van der Waals surface area contributed by atoms with Crippen molar-refractivity contribution in [2.75, 3.05) is 11.6 Å². The van der Waals surface area contributed by atoms with Crippen LogP contribution in [0.1, 0.15) is 6.42 Å². The number of sulfone groups is 1. The zero-order valence-corrected chi connectivity index (χ0v) is 20.9. The zero-order chi connectivity index (χ0) is 25.5. The molecule has 0 fully saturated rings. The molecule has 1 aliphatic heterocycles. The Bertz CT molecular complexity index is 1670. The van der Waals surface area contributed by atoms with Crippen LogP contribution in [0.5, 0.6) is 0 Å². The number of hydrogen-bond acceptors (Lipinski definition) is 8. The molecule has 0 saturated heterocycles. The van der Waals surface area contributed by atoms with Gasteiger partial charge in [0.2, 0.25) is 0 Å². The fourth-order valence-corrected chi connectivity index (χ4v) is 6.71. The highest BCUT2D eigenvalue weighted by molar-refractivity contribution is 8.19. The van der Waals surface area contributed by atoms with Crippen LogP contribution in [0.4, 0.5) is 14.9 Å². The number of urea groups is 1. The molecule has 0 radical (unpaired) electrons. The predicted octanol–water partition coefficient (Wildman–Crippen LogP) is 2.92. The third-order valence-corrected chi connectivity index (χ3v) is 9.33. The molecule has 184 valence electrons. The first-order valence-corrected chi connectivity index (χ1v) is 14.4. The van der Waals surface area contributed by atoms with Crippen molar-refractivity contribution >= 4 is 65.8 Å². The molecule has 0 saturated carbocycles. The lowest BCUT2D eigenvalue weighted by Crippen LogP contribution is -2.34. The van der Waals surface area contributed by atoms with E-state index in [4.69, 9.17) is 11.6 Å². The second-order valence-electron chi connectivity index (χ2n) is 7.38. The molecule has 1 aliphatic rings. The number of sulfonamides is 1. The lowest BCUT2D eigenvalue weighted by molar-refractivity contribution is 0.256. The van der Waals surface area contributed by atoms with E-state index in [1.807, 2.05) is 4.72 Å². The summed E-state index contributed by atoms with van der Waals surface area (Å²) >= 11 is 6.75. The van der Waals surface area contributed by atoms with Gasteiger partial charge in [0.05, 0.1) is 26.2 Å². The van der Waals surface area contributed by atoms with Crippen molar-refractivity contribution in [2.45, 2.75) is 16.0 Å². The van der Waals surface area contributed by atoms with E-state index >= 15 is 0 Å². The summed E-state index contributed by atoms with van der Waals surface area (Å²) in [5.41, 5.74) is -0.771. The van der Waals surface area contributed by atoms with Gasteiger partial charge in [0.15, 0.2) is 9.84 Å². The average molecular weight is 559 g/mol. The van der Waals surface area contributed by atoms with Gasteiger partial charge in [0.25, 0.3) is 15.6 Å². The molecule has 35 heavy (non-hydrogen) atoms. The molecule has 1 aromatic heterocycles. The number of hydrogen-bond donors (Lipinski definition) is 2. The van der Waals surface area contributed by atoms with Gasteiger partial charge in [-0.1, -0.05) is 17.8 Å². The number of fused-ring (bicyclic) bond motifs is 1. The minimum Gasteiger partial charge on any atom is -0.307 e. The smallest absolute Gasteiger partial charge is 0.307 e. The van der Waals surface area contributed by atoms with Crippen molar-refractivity contribution in [1.29, 1.82) is 0 Å². The summed E-state index contributed by atoms with van der Waals surface area (Å²) in [5, 5.41) is 2.18. The number of carbonyl (C=O) groups is 1. The van der Waals surface area contributed by atoms with Crippen LogP contribution in [-0.4, -0.2) is 43.4 Å². The number of allylic oxidation sites excluding steroid dienone is 1. The normalized spacial score (nSPS) is 16.2. The van der Waals surface area contributed by atoms with Crippen molar-refractivity contribution in [3.63, 3.8) is 0 Å². The summed E-state index contributed by atoms with van der Waals surface area (Å²) in [6.45, 7) is 0. The lowest BCUT2D eigenvalue weighted by Gasteiger charge is -2.12. The van der Waals surface area contributed by atoms with Crippen LogP contribution < -0.4 is 15.6 Å². The molecule has 4 rings (SSSR count). The molecule has 2 heterocycles. The fraction of sp³-hybridized carbons (Fsp3) is 0.150. The minimum absolute atomic E-state index is 0.0279. The van der Waals surface area contributed by atoms with E-state index in [2.05, 4.69) is 10.3 Å². The topological polar surface area (TPSA) is 144 Å². The first-order chi connectivity index (χ1) is 16.3. The summed E-state index contributed by atoms with van der Waals surface area (Å²) in [6, 6.07) is 6.07. The van der Waals surface area contributed by atoms with Crippen LogP contribution in [0.15, 0.2) is 62.7 Å². The standard InChI is InChI=1S/C20H16ClFN4O6S3/c1-34(29,30)12-3-4-15-13(9-12)19(27)26(10-23-15)16-5-2-11(8-14(16)22)24-20(28)25-35(31,32)18-7-6-17(21)33-18/h2-5,7-10,17H,6H2,1H3,(H2,24,25,28). The molecule has 0 spiro atoms. The van der Waals surface area contributed by atoms with Gasteiger partial charge in [-0.15, -0.1) is 11.6 Å². The zero-order valence-electron chi connectivity index (χ0n) is 17.7. The molecule has 2 amide bonds. The number of benzene rings is 2. The van der Waals surface area contributed by atoms with E-state index < -0.39 is 42.0 Å². The van der Waals surface area contributed by atoms with Gasteiger partial charge < -0.3 is 5.32 Å². The third kappa shape index (κ3) is 5.34. The number of amides is 2. The van der Waals surface area contributed by atoms with Crippen LogP contribution in [0.25, 0.3) is 16.6 Å². The van der Waals surface area contributed by atoms with Crippen LogP contribution in [0.2, 0.25) is 0 Å². The molecular weight excluding hydrogens is 543 g/mol. The quantitative estimate of drug-likeness (QED) is 0.455. The summed E-state index contributed by atoms with van der Waals surface area (Å²) in [5.74, 6) is -0.924. The molecular formula is C20H16ClFN4O6S3. The number of thioether (sulfide) groups is 1. The monoisotopic (exact) mass is 558 g/mol. The number of rotatable bonds is 5. The number of alkyl halides is 1. The van der Waals surface area contributed by atoms with Gasteiger partial charge in [-0.2, -0.15) is 0 Å². The van der Waals surface area contributed by atoms with Gasteiger partial charge in [0, 0.05) is 11.9 Å². The molecule has 3 aromatic rings. The molecule has 1 atom stereocenters. The Balaban J connectivity index is 1.59. The minimum atomic E-state index is -4.13. The van der Waals surface area contributed by atoms with Gasteiger partial charge in [-0.05, 0) is 42.8 Å². The molecule has 0 bridgehead atoms. The highest BCUT2D eigenvalue weighted by Gasteiger charge is 2.28. The average Bonchev–Trinajstić information content (AvgIpc) is 3.21. The Morgan fingerprint density at radius 2 is 1.94 bits per heavy atom. The lowest BCUT2D eigenvalue weighted by atomic mass is 10.2. The first-order valence-electron chi connectivity index (χ1n) is 9.71. The Kier molecular flexibility index (Phi) is 6.66. The Labute approximate surface area is 208 Å². The van der Waals surface area contributed by atoms with E-state index in [0.717, 1.165) is 35.0 Å². The maximum atomic E-state index is 14.9. The van der Waals surface area contributed by atoms with Gasteiger partial charge in [-0.3, -0.25) is 9.36 Å². The number of carbonyl (C=O) groups excluding carboxylic acids is 1. The van der Waals surface area contributed by atoms with Crippen LogP contribution in [0, 0.1) is 5.82 Å². The summed E-state index contributed by atoms with van der Waals surface area (Å²) in [4.78, 5) is 29.1. The first kappa shape index (κ1) is 25.2. The summed E-state index contributed by atoms with van der Waals surface area (Å²) in [6.07, 6.45) is 3.80. The number of anilines is 1. The number of aromatic nitrogens is 2. The Hall–Kier alpha value is -2.94. The maximum Gasteiger partial charge on any atom is 0.333 e. The van der Waals surface area contributed by atoms with E-state index in [9.17, 15) is 30.8 Å². The van der Waals surface area contributed by atoms with Crippen LogP contribution in [0.3, 0.4) is 0 Å². The summed E-state index contributed by atoms with van der Waals surface area (Å²) < 4.78 is 65.2. The van der Waals surface area contributed by atoms with Gasteiger partial charge in [-0.25, -0.2) is 35.7 Å². The number of halogens is 2. The van der Waals surface area contributed by atoms with E-state index in [0.29, 0.717) is 6.42 Å². The van der Waals surface area contributed by atoms with Gasteiger partial charge in [0.1, 0.15) is 16.4 Å². The van der Waals surface area contributed by atoms with Crippen molar-refractivity contribution in [1.82, 2.24) is 14.3 Å². The number of nitrogens with zero attached hydrogens (tertiary/aromatic N) is 2. The van der Waals surface area contributed by atoms with Crippen molar-refractivity contribution in [3.8, 4) is 5.69 Å². The molecule has 0 aliphatic carbocycles. The van der Waals surface area contributed by atoms with Crippen LogP contribution >= 0.6 is 23.4 Å². The van der Waals surface area contributed by atoms with E-state index in [1.165, 1.54) is 36.4 Å². The van der Waals surface area contributed by atoms with Crippen molar-refractivity contribution in [2.24, 2.45) is 0 Å². The van der Waals surface area contributed by atoms with Crippen molar-refractivity contribution in [3.05, 3.63) is 69.2 Å².